The van der Waals surface area contributed by atoms with Crippen molar-refractivity contribution in [1.29, 1.82) is 0 Å². The summed E-state index contributed by atoms with van der Waals surface area (Å²) in [5, 5.41) is 17.9. The number of piperidine rings is 2. The minimum absolute atomic E-state index is 0.0631. The SMILES string of the molecule is CC(=O)N1CCC(Nc2nc(C(=O)NC[C@@H](O)[C@@H]3Cc4ccc(OCc5ocnc5C)cc4CN3C(=O)OC(C)(C)C)cc(N3CCCCC3)n2)CC1. The largest absolute Gasteiger partial charge is 0.486 e. The molecule has 15 heteroatoms. The predicted molar refractivity (Wildman–Crippen MR) is 197 cm³/mol. The zero-order valence-electron chi connectivity index (χ0n) is 31.4. The average molecular weight is 733 g/mol. The number of aryl methyl sites for hydroxylation is 1. The summed E-state index contributed by atoms with van der Waals surface area (Å²) in [6, 6.07) is 6.76. The van der Waals surface area contributed by atoms with Crippen LogP contribution in [0.3, 0.4) is 0 Å². The Kier molecular flexibility index (Phi) is 11.7. The lowest BCUT2D eigenvalue weighted by molar-refractivity contribution is -0.129. The summed E-state index contributed by atoms with van der Waals surface area (Å²) < 4.78 is 17.1. The van der Waals surface area contributed by atoms with Gasteiger partial charge in [0.15, 0.2) is 12.2 Å². The zero-order chi connectivity index (χ0) is 37.7. The molecule has 3 aromatic rings. The number of anilines is 2. The number of benzene rings is 1. The van der Waals surface area contributed by atoms with Gasteiger partial charge in [0.1, 0.15) is 29.5 Å². The molecule has 15 nitrogen and oxygen atoms in total. The van der Waals surface area contributed by atoms with Crippen molar-refractivity contribution < 1.29 is 33.4 Å². The summed E-state index contributed by atoms with van der Waals surface area (Å²) in [4.78, 5) is 58.1. The number of fused-ring (bicyclic) bond motifs is 1. The Labute approximate surface area is 310 Å². The number of carbonyl (C=O) groups excluding carboxylic acids is 3. The van der Waals surface area contributed by atoms with Crippen molar-refractivity contribution in [2.75, 3.05) is 42.9 Å². The molecule has 0 aliphatic carbocycles. The second-order valence-corrected chi connectivity index (χ2v) is 15.1. The van der Waals surface area contributed by atoms with Gasteiger partial charge < -0.3 is 39.4 Å². The van der Waals surface area contributed by atoms with Crippen LogP contribution in [0.2, 0.25) is 0 Å². The van der Waals surface area contributed by atoms with E-state index < -0.39 is 29.7 Å². The van der Waals surface area contributed by atoms with E-state index in [0.717, 1.165) is 62.0 Å². The van der Waals surface area contributed by atoms with E-state index in [2.05, 4.69) is 25.5 Å². The normalized spacial score (nSPS) is 18.6. The number of nitrogens with one attached hydrogen (secondary N) is 2. The Morgan fingerprint density at radius 3 is 2.47 bits per heavy atom. The fourth-order valence-electron chi connectivity index (χ4n) is 7.00. The number of amides is 3. The Hall–Kier alpha value is -4.92. The molecule has 3 aliphatic rings. The minimum Gasteiger partial charge on any atom is -0.486 e. The van der Waals surface area contributed by atoms with E-state index in [1.165, 1.54) is 11.3 Å². The van der Waals surface area contributed by atoms with Crippen molar-refractivity contribution in [3.63, 3.8) is 0 Å². The molecule has 2 saturated heterocycles. The van der Waals surface area contributed by atoms with Crippen LogP contribution in [0.25, 0.3) is 0 Å². The molecule has 3 aliphatic heterocycles. The van der Waals surface area contributed by atoms with Crippen LogP contribution in [0.4, 0.5) is 16.6 Å². The fraction of sp³-hybridized carbons (Fsp3) is 0.579. The molecule has 0 bridgehead atoms. The van der Waals surface area contributed by atoms with E-state index >= 15 is 0 Å². The maximum absolute atomic E-state index is 13.7. The van der Waals surface area contributed by atoms with Gasteiger partial charge in [-0.15, -0.1) is 0 Å². The molecule has 53 heavy (non-hydrogen) atoms. The third-order valence-corrected chi connectivity index (χ3v) is 10.0. The molecule has 1 aromatic carbocycles. The number of aromatic nitrogens is 3. The minimum atomic E-state index is -1.11. The Morgan fingerprint density at radius 2 is 1.79 bits per heavy atom. The maximum Gasteiger partial charge on any atom is 0.410 e. The summed E-state index contributed by atoms with van der Waals surface area (Å²) in [6.07, 6.45) is 4.78. The molecular weight excluding hydrogens is 680 g/mol. The Morgan fingerprint density at radius 1 is 1.04 bits per heavy atom. The number of likely N-dealkylation sites (tertiary alicyclic amines) is 1. The van der Waals surface area contributed by atoms with E-state index in [-0.39, 0.29) is 37.3 Å². The molecule has 286 valence electrons. The molecule has 0 unspecified atom stereocenters. The van der Waals surface area contributed by atoms with Crippen molar-refractivity contribution in [1.82, 2.24) is 30.1 Å². The van der Waals surface area contributed by atoms with E-state index in [9.17, 15) is 19.5 Å². The van der Waals surface area contributed by atoms with Gasteiger partial charge in [0.05, 0.1) is 17.8 Å². The lowest BCUT2D eigenvalue weighted by Crippen LogP contribution is -2.54. The lowest BCUT2D eigenvalue weighted by atomic mass is 9.91. The van der Waals surface area contributed by atoms with Gasteiger partial charge in [-0.25, -0.2) is 14.8 Å². The number of hydrogen-bond donors (Lipinski definition) is 3. The van der Waals surface area contributed by atoms with Crippen LogP contribution in [0.5, 0.6) is 5.75 Å². The molecule has 0 spiro atoms. The molecule has 2 atom stereocenters. The number of aliphatic hydroxyl groups excluding tert-OH is 1. The van der Waals surface area contributed by atoms with Crippen LogP contribution >= 0.6 is 0 Å². The highest BCUT2D eigenvalue weighted by molar-refractivity contribution is 5.93. The highest BCUT2D eigenvalue weighted by Gasteiger charge is 2.37. The van der Waals surface area contributed by atoms with Crippen molar-refractivity contribution in [3.8, 4) is 5.75 Å². The van der Waals surface area contributed by atoms with Crippen LogP contribution in [0.1, 0.15) is 92.9 Å². The third kappa shape index (κ3) is 9.75. The molecule has 3 N–H and O–H groups in total. The van der Waals surface area contributed by atoms with Gasteiger partial charge >= 0.3 is 6.09 Å². The van der Waals surface area contributed by atoms with Gasteiger partial charge in [-0.1, -0.05) is 6.07 Å². The van der Waals surface area contributed by atoms with Gasteiger partial charge in [-0.05, 0) is 89.5 Å². The van der Waals surface area contributed by atoms with E-state index in [1.54, 1.807) is 33.8 Å². The van der Waals surface area contributed by atoms with Crippen molar-refractivity contribution >= 4 is 29.7 Å². The summed E-state index contributed by atoms with van der Waals surface area (Å²) in [5.74, 6) is 1.88. The fourth-order valence-corrected chi connectivity index (χ4v) is 7.00. The van der Waals surface area contributed by atoms with Gasteiger partial charge in [0.25, 0.3) is 5.91 Å². The highest BCUT2D eigenvalue weighted by atomic mass is 16.6. The molecule has 2 aromatic heterocycles. The summed E-state index contributed by atoms with van der Waals surface area (Å²) >= 11 is 0. The predicted octanol–water partition coefficient (Wildman–Crippen LogP) is 4.22. The van der Waals surface area contributed by atoms with E-state index in [4.69, 9.17) is 18.9 Å². The standard InChI is InChI=1S/C38H52N8O7/c1-24-33(52-23-40-24)22-51-29-10-9-26-18-31(46(21-27(26)17-29)37(50)53-38(3,4)5)32(48)20-39-35(49)30-19-34(45-13-7-6-8-14-45)43-36(42-30)41-28-11-15-44(16-12-28)25(2)47/h9-10,17,19,23,28,31-32,48H,6-8,11-16,18,20-22H2,1-5H3,(H,39,49)(H,41,42,43)/t31-,32+/m0/s1. The number of carbonyl (C=O) groups is 3. The molecule has 6 rings (SSSR count). The number of hydrogen-bond acceptors (Lipinski definition) is 12. The molecular formula is C38H52N8O7. The molecule has 2 fully saturated rings. The zero-order valence-corrected chi connectivity index (χ0v) is 31.4. The van der Waals surface area contributed by atoms with E-state index in [0.29, 0.717) is 42.8 Å². The number of rotatable bonds is 10. The van der Waals surface area contributed by atoms with Crippen LogP contribution in [0, 0.1) is 6.92 Å². The smallest absolute Gasteiger partial charge is 0.410 e. The lowest BCUT2D eigenvalue weighted by Gasteiger charge is -2.40. The van der Waals surface area contributed by atoms with Crippen LogP contribution in [0.15, 0.2) is 35.1 Å². The van der Waals surface area contributed by atoms with E-state index in [1.807, 2.05) is 30.0 Å². The first-order chi connectivity index (χ1) is 25.3. The first kappa shape index (κ1) is 37.8. The van der Waals surface area contributed by atoms with Crippen LogP contribution in [-0.4, -0.2) is 104 Å². The maximum atomic E-state index is 13.7. The first-order valence-corrected chi connectivity index (χ1v) is 18.6. The quantitative estimate of drug-likeness (QED) is 0.271. The van der Waals surface area contributed by atoms with Crippen molar-refractivity contribution in [2.45, 2.75) is 110 Å². The van der Waals surface area contributed by atoms with Crippen LogP contribution < -0.4 is 20.3 Å². The van der Waals surface area contributed by atoms with Gasteiger partial charge in [0.2, 0.25) is 11.9 Å². The summed E-state index contributed by atoms with van der Waals surface area (Å²) in [7, 11) is 0. The molecule has 5 heterocycles. The first-order valence-electron chi connectivity index (χ1n) is 18.6. The monoisotopic (exact) mass is 732 g/mol. The number of aliphatic hydroxyl groups is 1. The second kappa shape index (κ2) is 16.4. The average Bonchev–Trinajstić information content (AvgIpc) is 3.56. The molecule has 3 amide bonds. The number of ether oxygens (including phenoxy) is 2. The topological polar surface area (TPSA) is 175 Å². The van der Waals surface area contributed by atoms with Crippen LogP contribution in [-0.2, 0) is 29.1 Å². The number of oxazole rings is 1. The summed E-state index contributed by atoms with van der Waals surface area (Å²) in [5.41, 5.74) is 2.01. The second-order valence-electron chi connectivity index (χ2n) is 15.1. The Bertz CT molecular complexity index is 1760. The summed E-state index contributed by atoms with van der Waals surface area (Å²) in [6.45, 7) is 12.1. The Balaban J connectivity index is 1.16. The van der Waals surface area contributed by atoms with Gasteiger partial charge in [-0.2, -0.15) is 4.98 Å². The third-order valence-electron chi connectivity index (χ3n) is 10.0. The van der Waals surface area contributed by atoms with Gasteiger partial charge in [-0.3, -0.25) is 14.5 Å². The van der Waals surface area contributed by atoms with Crippen molar-refractivity contribution in [3.05, 3.63) is 58.9 Å². The molecule has 0 radical (unpaired) electrons. The highest BCUT2D eigenvalue weighted by Crippen LogP contribution is 2.30. The van der Waals surface area contributed by atoms with Gasteiger partial charge in [0, 0.05) is 58.3 Å². The number of nitrogens with zero attached hydrogens (tertiary/aromatic N) is 6. The van der Waals surface area contributed by atoms with Crippen molar-refractivity contribution in [2.24, 2.45) is 0 Å². The molecule has 0 saturated carbocycles.